The number of benzene rings is 2. The average Bonchev–Trinajstić information content (AvgIpc) is 3.29. The normalized spacial score (nSPS) is 12.6. The lowest BCUT2D eigenvalue weighted by molar-refractivity contribution is -0.134. The Morgan fingerprint density at radius 1 is 0.944 bits per heavy atom. The van der Waals surface area contributed by atoms with Gasteiger partial charge >= 0.3 is 6.01 Å². The van der Waals surface area contributed by atoms with Crippen molar-refractivity contribution in [1.29, 1.82) is 0 Å². The van der Waals surface area contributed by atoms with Crippen molar-refractivity contribution in [2.75, 3.05) is 31.5 Å². The largest absolute Gasteiger partial charge is 0.423 e. The number of carbonyl (C=O) groups is 3. The first-order valence-corrected chi connectivity index (χ1v) is 11.9. The summed E-state index contributed by atoms with van der Waals surface area (Å²) in [6, 6.07) is 14.6. The highest BCUT2D eigenvalue weighted by Gasteiger charge is 2.27. The first-order valence-electron chi connectivity index (χ1n) is 11.9. The van der Waals surface area contributed by atoms with Gasteiger partial charge < -0.3 is 31.8 Å². The summed E-state index contributed by atoms with van der Waals surface area (Å²) in [6.45, 7) is 1.17. The number of carbonyl (C=O) groups excluding carboxylic acids is 3. The molecule has 1 aromatic heterocycles. The van der Waals surface area contributed by atoms with Crippen molar-refractivity contribution in [3.8, 4) is 0 Å². The van der Waals surface area contributed by atoms with E-state index in [1.165, 1.54) is 4.90 Å². The maximum absolute atomic E-state index is 13.1. The van der Waals surface area contributed by atoms with E-state index in [4.69, 9.17) is 21.6 Å². The van der Waals surface area contributed by atoms with E-state index < -0.39 is 23.9 Å². The van der Waals surface area contributed by atoms with Crippen LogP contribution in [0, 0.1) is 0 Å². The summed E-state index contributed by atoms with van der Waals surface area (Å²) in [5.74, 6) is -1.45. The van der Waals surface area contributed by atoms with Crippen LogP contribution < -0.4 is 27.8 Å². The van der Waals surface area contributed by atoms with E-state index in [0.717, 1.165) is 5.56 Å². The minimum Gasteiger partial charge on any atom is -0.423 e. The van der Waals surface area contributed by atoms with Gasteiger partial charge in [0.05, 0.1) is 12.5 Å². The zero-order valence-electron chi connectivity index (χ0n) is 20.1. The van der Waals surface area contributed by atoms with Crippen LogP contribution in [0.3, 0.4) is 0 Å². The van der Waals surface area contributed by atoms with Crippen LogP contribution in [-0.4, -0.2) is 65.9 Å². The molecule has 8 N–H and O–H groups in total. The van der Waals surface area contributed by atoms with Crippen LogP contribution in [0.4, 0.5) is 6.01 Å². The summed E-state index contributed by atoms with van der Waals surface area (Å²) in [7, 11) is 0. The molecule has 3 amide bonds. The number of hydrogen-bond acceptors (Lipinski definition) is 8. The maximum Gasteiger partial charge on any atom is 0.302 e. The van der Waals surface area contributed by atoms with E-state index >= 15 is 0 Å². The van der Waals surface area contributed by atoms with E-state index in [9.17, 15) is 14.4 Å². The first-order chi connectivity index (χ1) is 17.4. The van der Waals surface area contributed by atoms with E-state index in [2.05, 4.69) is 15.6 Å². The Hall–Kier alpha value is -3.80. The molecule has 0 fully saturated rings. The Morgan fingerprint density at radius 2 is 1.61 bits per heavy atom. The number of anilines is 1. The SMILES string of the molecule is NCCN(CCN)C(=O)CC(N)C(=O)NC(CCc1ccccc1)C(=O)Nc1nc2ccccc2o1. The van der Waals surface area contributed by atoms with Crippen molar-refractivity contribution < 1.29 is 18.8 Å². The fraction of sp³-hybridized carbons (Fsp3) is 0.360. The average molecular weight is 496 g/mol. The number of hydrogen-bond donors (Lipinski definition) is 5. The van der Waals surface area contributed by atoms with Crippen molar-refractivity contribution in [1.82, 2.24) is 15.2 Å². The number of nitrogens with one attached hydrogen (secondary N) is 2. The van der Waals surface area contributed by atoms with Gasteiger partial charge in [-0.25, -0.2) is 0 Å². The highest BCUT2D eigenvalue weighted by Crippen LogP contribution is 2.18. The molecule has 0 aliphatic rings. The molecule has 0 spiro atoms. The Labute approximate surface area is 209 Å². The molecular formula is C25H33N7O4. The van der Waals surface area contributed by atoms with E-state index in [1.54, 1.807) is 18.2 Å². The smallest absolute Gasteiger partial charge is 0.302 e. The second kappa shape index (κ2) is 13.3. The summed E-state index contributed by atoms with van der Waals surface area (Å²) in [5, 5.41) is 5.31. The molecule has 36 heavy (non-hydrogen) atoms. The lowest BCUT2D eigenvalue weighted by Gasteiger charge is -2.24. The summed E-state index contributed by atoms with van der Waals surface area (Å²) in [5.41, 5.74) is 19.3. The molecule has 11 nitrogen and oxygen atoms in total. The third-order valence-corrected chi connectivity index (χ3v) is 5.60. The molecule has 3 aromatic rings. The van der Waals surface area contributed by atoms with Crippen molar-refractivity contribution in [3.05, 3.63) is 60.2 Å². The standard InChI is InChI=1S/C25H33N7O4/c26-12-14-32(15-13-27)22(33)16-18(28)23(34)29-20(11-10-17-6-2-1-3-7-17)24(35)31-25-30-19-8-4-5-9-21(19)36-25/h1-9,18,20H,10-16,26-28H2,(H,29,34)(H,30,31,35). The Balaban J connectivity index is 1.68. The molecule has 192 valence electrons. The number of nitrogens with zero attached hydrogens (tertiary/aromatic N) is 2. The molecule has 0 aliphatic heterocycles. The molecule has 0 bridgehead atoms. The van der Waals surface area contributed by atoms with Crippen LogP contribution >= 0.6 is 0 Å². The fourth-order valence-corrected chi connectivity index (χ4v) is 3.70. The van der Waals surface area contributed by atoms with Gasteiger partial charge in [-0.05, 0) is 30.5 Å². The molecule has 0 saturated carbocycles. The van der Waals surface area contributed by atoms with Crippen LogP contribution in [0.15, 0.2) is 59.0 Å². The third kappa shape index (κ3) is 7.60. The molecule has 2 aromatic carbocycles. The van der Waals surface area contributed by atoms with Gasteiger partial charge in [0.2, 0.25) is 11.8 Å². The highest BCUT2D eigenvalue weighted by molar-refractivity contribution is 5.98. The van der Waals surface area contributed by atoms with Crippen LogP contribution in [-0.2, 0) is 20.8 Å². The van der Waals surface area contributed by atoms with E-state index in [1.807, 2.05) is 36.4 Å². The first kappa shape index (κ1) is 26.8. The van der Waals surface area contributed by atoms with Gasteiger partial charge in [-0.2, -0.15) is 4.98 Å². The van der Waals surface area contributed by atoms with Gasteiger partial charge in [0.1, 0.15) is 11.6 Å². The van der Waals surface area contributed by atoms with E-state index in [-0.39, 0.29) is 31.4 Å². The Kier molecular flexibility index (Phi) is 9.92. The number of oxazole rings is 1. The monoisotopic (exact) mass is 495 g/mol. The zero-order chi connectivity index (χ0) is 25.9. The Morgan fingerprint density at radius 3 is 2.28 bits per heavy atom. The molecule has 3 rings (SSSR count). The van der Waals surface area contributed by atoms with Gasteiger partial charge in [-0.1, -0.05) is 42.5 Å². The molecular weight excluding hydrogens is 462 g/mol. The summed E-state index contributed by atoms with van der Waals surface area (Å²) >= 11 is 0. The number of aromatic nitrogens is 1. The third-order valence-electron chi connectivity index (χ3n) is 5.60. The highest BCUT2D eigenvalue weighted by atomic mass is 16.4. The fourth-order valence-electron chi connectivity index (χ4n) is 3.70. The molecule has 2 unspecified atom stereocenters. The van der Waals surface area contributed by atoms with Crippen molar-refractivity contribution >= 4 is 34.8 Å². The van der Waals surface area contributed by atoms with Crippen molar-refractivity contribution in [2.45, 2.75) is 31.3 Å². The molecule has 1 heterocycles. The second-order valence-electron chi connectivity index (χ2n) is 8.33. The van der Waals surface area contributed by atoms with Crippen LogP contribution in [0.1, 0.15) is 18.4 Å². The van der Waals surface area contributed by atoms with E-state index in [0.29, 0.717) is 37.0 Å². The van der Waals surface area contributed by atoms with Crippen molar-refractivity contribution in [2.24, 2.45) is 17.2 Å². The number of nitrogens with two attached hydrogens (primary N) is 3. The predicted octanol–water partition coefficient (Wildman–Crippen LogP) is 0.347. The van der Waals surface area contributed by atoms with Crippen LogP contribution in [0.25, 0.3) is 11.1 Å². The molecule has 0 saturated heterocycles. The summed E-state index contributed by atoms with van der Waals surface area (Å²) in [6.07, 6.45) is 0.598. The van der Waals surface area contributed by atoms with Gasteiger partial charge in [-0.15, -0.1) is 0 Å². The van der Waals surface area contributed by atoms with Crippen LogP contribution in [0.2, 0.25) is 0 Å². The number of amides is 3. The van der Waals surface area contributed by atoms with Gasteiger partial charge in [-0.3, -0.25) is 19.7 Å². The topological polar surface area (TPSA) is 183 Å². The number of para-hydroxylation sites is 2. The number of aryl methyl sites for hydroxylation is 1. The quantitative estimate of drug-likeness (QED) is 0.225. The maximum atomic E-state index is 13.1. The summed E-state index contributed by atoms with van der Waals surface area (Å²) in [4.78, 5) is 44.2. The molecule has 2 atom stereocenters. The van der Waals surface area contributed by atoms with Gasteiger partial charge in [0, 0.05) is 26.2 Å². The van der Waals surface area contributed by atoms with Gasteiger partial charge in [0.15, 0.2) is 5.58 Å². The number of fused-ring (bicyclic) bond motifs is 1. The van der Waals surface area contributed by atoms with Crippen LogP contribution in [0.5, 0.6) is 0 Å². The van der Waals surface area contributed by atoms with Gasteiger partial charge in [0.25, 0.3) is 5.91 Å². The zero-order valence-corrected chi connectivity index (χ0v) is 20.1. The lowest BCUT2D eigenvalue weighted by atomic mass is 10.0. The number of rotatable bonds is 13. The minimum atomic E-state index is -1.15. The second-order valence-corrected chi connectivity index (χ2v) is 8.33. The minimum absolute atomic E-state index is 0.0267. The van der Waals surface area contributed by atoms with Crippen molar-refractivity contribution in [3.63, 3.8) is 0 Å². The molecule has 0 aliphatic carbocycles. The lowest BCUT2D eigenvalue weighted by Crippen LogP contribution is -2.52. The Bertz CT molecular complexity index is 1110. The molecule has 0 radical (unpaired) electrons. The molecule has 11 heteroatoms. The summed E-state index contributed by atoms with van der Waals surface area (Å²) < 4.78 is 5.58. The predicted molar refractivity (Wildman–Crippen MR) is 137 cm³/mol.